The fourth-order valence-corrected chi connectivity index (χ4v) is 4.85. The second-order valence-electron chi connectivity index (χ2n) is 6.57. The molecule has 1 unspecified atom stereocenters. The minimum atomic E-state index is 0.197. The highest BCUT2D eigenvalue weighted by atomic mass is 32.2. The van der Waals surface area contributed by atoms with Crippen molar-refractivity contribution in [1.82, 2.24) is 10.5 Å². The fraction of sp³-hybridized carbons (Fsp3) is 0.750. The molecule has 2 heterocycles. The molecule has 1 fully saturated rings. The summed E-state index contributed by atoms with van der Waals surface area (Å²) in [6, 6.07) is 0.197. The van der Waals surface area contributed by atoms with Crippen LogP contribution >= 0.6 is 11.8 Å². The van der Waals surface area contributed by atoms with Crippen molar-refractivity contribution in [1.29, 1.82) is 0 Å². The van der Waals surface area contributed by atoms with Crippen molar-refractivity contribution in [2.75, 3.05) is 12.3 Å². The van der Waals surface area contributed by atoms with Crippen LogP contribution in [0.2, 0.25) is 0 Å². The number of rotatable bonds is 2. The molecule has 1 atom stereocenters. The van der Waals surface area contributed by atoms with Crippen LogP contribution in [0.5, 0.6) is 0 Å². The lowest BCUT2D eigenvalue weighted by atomic mass is 9.75. The van der Waals surface area contributed by atoms with Gasteiger partial charge >= 0.3 is 0 Å². The van der Waals surface area contributed by atoms with E-state index in [-0.39, 0.29) is 6.04 Å². The Kier molecular flexibility index (Phi) is 4.29. The Labute approximate surface area is 131 Å². The second-order valence-corrected chi connectivity index (χ2v) is 7.54. The zero-order valence-corrected chi connectivity index (χ0v) is 14.1. The first kappa shape index (κ1) is 14.9. The van der Waals surface area contributed by atoms with Crippen LogP contribution in [0.15, 0.2) is 9.52 Å². The number of nitrogens with zero attached hydrogens (tertiary/aromatic N) is 2. The standard InChI is InChI=1S/C16H25N3OS/c1-11(14-12(2)19-20-13(14)3)18-15-17-9-16(10-21-15)7-5-4-6-8-16/h11H,4-10H2,1-3H3,(H,17,18). The van der Waals surface area contributed by atoms with Crippen molar-refractivity contribution in [2.24, 2.45) is 10.4 Å². The summed E-state index contributed by atoms with van der Waals surface area (Å²) in [6.45, 7) is 7.12. The first-order valence-electron chi connectivity index (χ1n) is 7.96. The molecular formula is C16H25N3OS. The van der Waals surface area contributed by atoms with Crippen LogP contribution in [-0.2, 0) is 0 Å². The van der Waals surface area contributed by atoms with Crippen molar-refractivity contribution in [3.63, 3.8) is 0 Å². The Balaban J connectivity index is 1.64. The molecule has 3 rings (SSSR count). The third kappa shape index (κ3) is 3.12. The summed E-state index contributed by atoms with van der Waals surface area (Å²) in [6.07, 6.45) is 6.89. The number of hydrogen-bond donors (Lipinski definition) is 1. The number of thioether (sulfide) groups is 1. The molecule has 1 N–H and O–H groups in total. The maximum atomic E-state index is 5.26. The molecule has 0 amide bonds. The van der Waals surface area contributed by atoms with E-state index >= 15 is 0 Å². The van der Waals surface area contributed by atoms with Crippen LogP contribution in [0.25, 0.3) is 0 Å². The average Bonchev–Trinajstić information content (AvgIpc) is 2.82. The molecule has 1 aromatic rings. The number of aliphatic imine (C=N–C) groups is 1. The molecule has 0 saturated heterocycles. The van der Waals surface area contributed by atoms with E-state index in [1.165, 1.54) is 37.9 Å². The molecule has 2 aliphatic rings. The van der Waals surface area contributed by atoms with Crippen LogP contribution < -0.4 is 5.32 Å². The smallest absolute Gasteiger partial charge is 0.157 e. The van der Waals surface area contributed by atoms with Gasteiger partial charge in [0, 0.05) is 17.9 Å². The molecule has 116 valence electrons. The van der Waals surface area contributed by atoms with E-state index in [1.807, 2.05) is 25.6 Å². The summed E-state index contributed by atoms with van der Waals surface area (Å²) in [4.78, 5) is 4.83. The lowest BCUT2D eigenvalue weighted by molar-refractivity contribution is 0.232. The van der Waals surface area contributed by atoms with Gasteiger partial charge in [-0.3, -0.25) is 4.99 Å². The third-order valence-corrected chi connectivity index (χ3v) is 6.13. The Hall–Kier alpha value is -0.970. The van der Waals surface area contributed by atoms with Gasteiger partial charge in [-0.1, -0.05) is 36.2 Å². The first-order valence-corrected chi connectivity index (χ1v) is 8.95. The fourth-order valence-electron chi connectivity index (χ4n) is 3.61. The van der Waals surface area contributed by atoms with Crippen LogP contribution in [0.3, 0.4) is 0 Å². The highest BCUT2D eigenvalue weighted by Crippen LogP contribution is 2.41. The lowest BCUT2D eigenvalue weighted by Crippen LogP contribution is -2.37. The minimum Gasteiger partial charge on any atom is -0.361 e. The number of nitrogens with one attached hydrogen (secondary N) is 1. The van der Waals surface area contributed by atoms with E-state index in [0.29, 0.717) is 5.41 Å². The maximum absolute atomic E-state index is 5.26. The summed E-state index contributed by atoms with van der Waals surface area (Å²) in [5.41, 5.74) is 2.62. The van der Waals surface area contributed by atoms with Crippen molar-refractivity contribution < 1.29 is 4.52 Å². The van der Waals surface area contributed by atoms with Gasteiger partial charge in [-0.25, -0.2) is 0 Å². The highest BCUT2D eigenvalue weighted by molar-refractivity contribution is 8.13. The third-order valence-electron chi connectivity index (χ3n) is 4.85. The van der Waals surface area contributed by atoms with E-state index in [4.69, 9.17) is 9.52 Å². The van der Waals surface area contributed by atoms with Crippen LogP contribution in [-0.4, -0.2) is 22.6 Å². The molecule has 1 saturated carbocycles. The minimum absolute atomic E-state index is 0.197. The molecule has 1 aromatic heterocycles. The van der Waals surface area contributed by atoms with Crippen molar-refractivity contribution in [2.45, 2.75) is 58.9 Å². The van der Waals surface area contributed by atoms with Gasteiger partial charge in [0.1, 0.15) is 5.76 Å². The second kappa shape index (κ2) is 6.03. The zero-order chi connectivity index (χ0) is 14.9. The van der Waals surface area contributed by atoms with E-state index < -0.39 is 0 Å². The maximum Gasteiger partial charge on any atom is 0.157 e. The first-order chi connectivity index (χ1) is 10.1. The predicted octanol–water partition coefficient (Wildman–Crippen LogP) is 4.00. The van der Waals surface area contributed by atoms with Gasteiger partial charge < -0.3 is 9.84 Å². The molecule has 0 aromatic carbocycles. The van der Waals surface area contributed by atoms with E-state index in [2.05, 4.69) is 17.4 Å². The Morgan fingerprint density at radius 2 is 2.00 bits per heavy atom. The zero-order valence-electron chi connectivity index (χ0n) is 13.2. The SMILES string of the molecule is Cc1noc(C)c1C(C)NC1=NCC2(CCCCC2)CS1. The van der Waals surface area contributed by atoms with Crippen LogP contribution in [0.1, 0.15) is 62.1 Å². The monoisotopic (exact) mass is 307 g/mol. The van der Waals surface area contributed by atoms with Gasteiger partial charge in [-0.15, -0.1) is 0 Å². The van der Waals surface area contributed by atoms with E-state index in [9.17, 15) is 0 Å². The number of aryl methyl sites for hydroxylation is 2. The lowest BCUT2D eigenvalue weighted by Gasteiger charge is -2.38. The van der Waals surface area contributed by atoms with E-state index in [1.54, 1.807) is 0 Å². The molecule has 4 nitrogen and oxygen atoms in total. The number of amidine groups is 1. The molecule has 1 spiro atoms. The van der Waals surface area contributed by atoms with Gasteiger partial charge in [0.15, 0.2) is 5.17 Å². The summed E-state index contributed by atoms with van der Waals surface area (Å²) in [5.74, 6) is 2.12. The van der Waals surface area contributed by atoms with Gasteiger partial charge in [0.2, 0.25) is 0 Å². The van der Waals surface area contributed by atoms with Gasteiger partial charge in [0.05, 0.1) is 11.7 Å². The summed E-state index contributed by atoms with van der Waals surface area (Å²) >= 11 is 1.89. The molecular weight excluding hydrogens is 282 g/mol. The highest BCUT2D eigenvalue weighted by Gasteiger charge is 2.35. The van der Waals surface area contributed by atoms with Crippen LogP contribution in [0.4, 0.5) is 0 Å². The van der Waals surface area contributed by atoms with Crippen molar-refractivity contribution in [3.05, 3.63) is 17.0 Å². The van der Waals surface area contributed by atoms with Gasteiger partial charge in [-0.05, 0) is 39.0 Å². The van der Waals surface area contributed by atoms with Crippen molar-refractivity contribution >= 4 is 16.9 Å². The molecule has 0 radical (unpaired) electrons. The predicted molar refractivity (Wildman–Crippen MR) is 87.8 cm³/mol. The summed E-state index contributed by atoms with van der Waals surface area (Å²) < 4.78 is 5.26. The number of hydrogen-bond acceptors (Lipinski definition) is 5. The molecule has 1 aliphatic heterocycles. The summed E-state index contributed by atoms with van der Waals surface area (Å²) in [7, 11) is 0. The largest absolute Gasteiger partial charge is 0.361 e. The van der Waals surface area contributed by atoms with E-state index in [0.717, 1.165) is 28.7 Å². The molecule has 21 heavy (non-hydrogen) atoms. The van der Waals surface area contributed by atoms with Gasteiger partial charge in [-0.2, -0.15) is 0 Å². The molecule has 5 heteroatoms. The van der Waals surface area contributed by atoms with Crippen molar-refractivity contribution in [3.8, 4) is 0 Å². The topological polar surface area (TPSA) is 50.4 Å². The normalized spacial score (nSPS) is 22.9. The Bertz CT molecular complexity index is 512. The van der Waals surface area contributed by atoms with Crippen LogP contribution in [0, 0.1) is 19.3 Å². The summed E-state index contributed by atoms with van der Waals surface area (Å²) in [5, 5.41) is 8.66. The quantitative estimate of drug-likeness (QED) is 0.897. The Morgan fingerprint density at radius 1 is 1.24 bits per heavy atom. The molecule has 0 bridgehead atoms. The molecule has 1 aliphatic carbocycles. The van der Waals surface area contributed by atoms with Gasteiger partial charge in [0.25, 0.3) is 0 Å². The average molecular weight is 307 g/mol. The number of aromatic nitrogens is 1. The Morgan fingerprint density at radius 3 is 2.57 bits per heavy atom.